The number of hydrogen-bond donors (Lipinski definition) is 1. The minimum absolute atomic E-state index is 0.0120. The molecule has 0 radical (unpaired) electrons. The summed E-state index contributed by atoms with van der Waals surface area (Å²) >= 11 is 1.44. The molecule has 7 heteroatoms. The second kappa shape index (κ2) is 9.26. The van der Waals surface area contributed by atoms with Gasteiger partial charge in [0.2, 0.25) is 11.8 Å². The minimum atomic E-state index is -0.0123. The Morgan fingerprint density at radius 1 is 1.04 bits per heavy atom. The summed E-state index contributed by atoms with van der Waals surface area (Å²) in [6.07, 6.45) is 3.54. The molecule has 6 nitrogen and oxygen atoms in total. The van der Waals surface area contributed by atoms with Crippen molar-refractivity contribution in [3.8, 4) is 0 Å². The highest BCUT2D eigenvalue weighted by Gasteiger charge is 2.28. The molecule has 146 valence electrons. The number of nitrogens with zero attached hydrogens (tertiary/aromatic N) is 2. The van der Waals surface area contributed by atoms with Crippen LogP contribution in [0.3, 0.4) is 0 Å². The summed E-state index contributed by atoms with van der Waals surface area (Å²) in [4.78, 5) is 41.6. The molecule has 3 rings (SSSR count). The van der Waals surface area contributed by atoms with Gasteiger partial charge >= 0.3 is 0 Å². The van der Waals surface area contributed by atoms with Gasteiger partial charge in [-0.1, -0.05) is 12.1 Å². The van der Waals surface area contributed by atoms with Crippen LogP contribution in [-0.4, -0.2) is 66.5 Å². The zero-order valence-corrected chi connectivity index (χ0v) is 16.6. The number of rotatable bonds is 5. The number of amides is 3. The van der Waals surface area contributed by atoms with Crippen molar-refractivity contribution in [1.29, 1.82) is 0 Å². The minimum Gasteiger partial charge on any atom is -0.359 e. The summed E-state index contributed by atoms with van der Waals surface area (Å²) in [5, 5.41) is 2.69. The summed E-state index contributed by atoms with van der Waals surface area (Å²) in [6.45, 7) is 2.87. The highest BCUT2D eigenvalue weighted by Crippen LogP contribution is 2.26. The predicted octanol–water partition coefficient (Wildman–Crippen LogP) is 2.00. The van der Waals surface area contributed by atoms with Crippen molar-refractivity contribution in [3.63, 3.8) is 0 Å². The van der Waals surface area contributed by atoms with Gasteiger partial charge in [0.05, 0.1) is 11.3 Å². The summed E-state index contributed by atoms with van der Waals surface area (Å²) < 4.78 is 0. The molecule has 1 aromatic carbocycles. The van der Waals surface area contributed by atoms with Crippen LogP contribution in [0.1, 0.15) is 36.0 Å². The smallest absolute Gasteiger partial charge is 0.254 e. The van der Waals surface area contributed by atoms with Gasteiger partial charge in [0.1, 0.15) is 0 Å². The maximum absolute atomic E-state index is 13.0. The quantitative estimate of drug-likeness (QED) is 0.782. The molecule has 27 heavy (non-hydrogen) atoms. The molecule has 0 aliphatic carbocycles. The number of hydrogen-bond acceptors (Lipinski definition) is 4. The van der Waals surface area contributed by atoms with Gasteiger partial charge in [0.15, 0.2) is 0 Å². The predicted molar refractivity (Wildman–Crippen MR) is 106 cm³/mol. The second-order valence-corrected chi connectivity index (χ2v) is 8.07. The summed E-state index contributed by atoms with van der Waals surface area (Å²) in [6, 6.07) is 7.50. The molecule has 2 heterocycles. The van der Waals surface area contributed by atoms with E-state index in [1.807, 2.05) is 34.1 Å². The Balaban J connectivity index is 1.60. The summed E-state index contributed by atoms with van der Waals surface area (Å²) in [7, 11) is 1.65. The van der Waals surface area contributed by atoms with E-state index in [0.717, 1.165) is 30.8 Å². The first-order valence-electron chi connectivity index (χ1n) is 9.60. The molecule has 0 spiro atoms. The van der Waals surface area contributed by atoms with Gasteiger partial charge in [-0.2, -0.15) is 0 Å². The highest BCUT2D eigenvalue weighted by molar-refractivity contribution is 8.00. The van der Waals surface area contributed by atoms with Crippen LogP contribution < -0.4 is 5.32 Å². The number of nitrogens with one attached hydrogen (secondary N) is 1. The molecular weight excluding hydrogens is 362 g/mol. The fraction of sp³-hybridized carbons (Fsp3) is 0.550. The number of likely N-dealkylation sites (tertiary alicyclic amines) is 2. The zero-order valence-electron chi connectivity index (χ0n) is 15.8. The topological polar surface area (TPSA) is 69.7 Å². The first kappa shape index (κ1) is 19.7. The van der Waals surface area contributed by atoms with Gasteiger partial charge in [0.25, 0.3) is 5.91 Å². The molecule has 2 aliphatic rings. The molecule has 1 N–H and O–H groups in total. The van der Waals surface area contributed by atoms with E-state index >= 15 is 0 Å². The van der Waals surface area contributed by atoms with Gasteiger partial charge in [-0.3, -0.25) is 14.4 Å². The van der Waals surface area contributed by atoms with Crippen molar-refractivity contribution in [2.75, 3.05) is 39.0 Å². The van der Waals surface area contributed by atoms with E-state index in [4.69, 9.17) is 0 Å². The lowest BCUT2D eigenvalue weighted by Gasteiger charge is -2.31. The SMILES string of the molecule is CNC(=O)C1CCN(C(=O)c2ccccc2SCC(=O)N2CCCC2)CC1. The molecular formula is C20H27N3O3S. The molecule has 0 atom stereocenters. The Hall–Kier alpha value is -2.02. The standard InChI is InChI=1S/C20H27N3O3S/c1-21-19(25)15-8-12-23(13-9-15)20(26)16-6-2-3-7-17(16)27-14-18(24)22-10-4-5-11-22/h2-3,6-7,15H,4-5,8-14H2,1H3,(H,21,25). The van der Waals surface area contributed by atoms with E-state index in [9.17, 15) is 14.4 Å². The first-order valence-corrected chi connectivity index (χ1v) is 10.6. The average molecular weight is 390 g/mol. The normalized spacial score (nSPS) is 17.8. The van der Waals surface area contributed by atoms with E-state index < -0.39 is 0 Å². The van der Waals surface area contributed by atoms with Crippen LogP contribution in [0.15, 0.2) is 29.2 Å². The number of benzene rings is 1. The Labute approximate surface area is 164 Å². The van der Waals surface area contributed by atoms with Gasteiger partial charge in [-0.25, -0.2) is 0 Å². The van der Waals surface area contributed by atoms with Gasteiger partial charge in [-0.15, -0.1) is 11.8 Å². The van der Waals surface area contributed by atoms with Crippen LogP contribution in [0.4, 0.5) is 0 Å². The zero-order chi connectivity index (χ0) is 19.2. The Kier molecular flexibility index (Phi) is 6.77. The monoisotopic (exact) mass is 389 g/mol. The maximum atomic E-state index is 13.0. The lowest BCUT2D eigenvalue weighted by atomic mass is 9.95. The van der Waals surface area contributed by atoms with E-state index in [-0.39, 0.29) is 23.6 Å². The van der Waals surface area contributed by atoms with Crippen LogP contribution >= 0.6 is 11.8 Å². The molecule has 2 saturated heterocycles. The Morgan fingerprint density at radius 3 is 2.37 bits per heavy atom. The van der Waals surface area contributed by atoms with Crippen molar-refractivity contribution in [2.45, 2.75) is 30.6 Å². The maximum Gasteiger partial charge on any atom is 0.254 e. The summed E-state index contributed by atoms with van der Waals surface area (Å²) in [5.41, 5.74) is 0.648. The van der Waals surface area contributed by atoms with Crippen molar-refractivity contribution >= 4 is 29.5 Å². The van der Waals surface area contributed by atoms with Crippen LogP contribution in [0.2, 0.25) is 0 Å². The van der Waals surface area contributed by atoms with Crippen molar-refractivity contribution in [1.82, 2.24) is 15.1 Å². The Bertz CT molecular complexity index is 695. The fourth-order valence-electron chi connectivity index (χ4n) is 3.69. The number of carbonyl (C=O) groups is 3. The van der Waals surface area contributed by atoms with Gasteiger partial charge in [0, 0.05) is 44.0 Å². The van der Waals surface area contributed by atoms with E-state index in [1.165, 1.54) is 11.8 Å². The third-order valence-electron chi connectivity index (χ3n) is 5.33. The van der Waals surface area contributed by atoms with E-state index in [1.54, 1.807) is 7.05 Å². The van der Waals surface area contributed by atoms with Gasteiger partial charge < -0.3 is 15.1 Å². The average Bonchev–Trinajstić information content (AvgIpc) is 3.26. The van der Waals surface area contributed by atoms with Crippen LogP contribution in [0, 0.1) is 5.92 Å². The Morgan fingerprint density at radius 2 is 1.70 bits per heavy atom. The van der Waals surface area contributed by atoms with Crippen molar-refractivity contribution < 1.29 is 14.4 Å². The third kappa shape index (κ3) is 4.83. The molecule has 3 amide bonds. The molecule has 0 unspecified atom stereocenters. The second-order valence-electron chi connectivity index (χ2n) is 7.05. The van der Waals surface area contributed by atoms with Gasteiger partial charge in [-0.05, 0) is 37.8 Å². The van der Waals surface area contributed by atoms with E-state index in [2.05, 4.69) is 5.32 Å². The molecule has 2 aliphatic heterocycles. The lowest BCUT2D eigenvalue weighted by molar-refractivity contribution is -0.127. The number of piperidine rings is 1. The van der Waals surface area contributed by atoms with Crippen molar-refractivity contribution in [2.24, 2.45) is 5.92 Å². The van der Waals surface area contributed by atoms with E-state index in [0.29, 0.717) is 37.2 Å². The molecule has 0 saturated carbocycles. The number of carbonyl (C=O) groups excluding carboxylic acids is 3. The third-order valence-corrected chi connectivity index (χ3v) is 6.39. The summed E-state index contributed by atoms with van der Waals surface area (Å²) in [5.74, 6) is 0.539. The number of thioether (sulfide) groups is 1. The fourth-order valence-corrected chi connectivity index (χ4v) is 4.63. The lowest BCUT2D eigenvalue weighted by Crippen LogP contribution is -2.42. The molecule has 0 aromatic heterocycles. The molecule has 0 bridgehead atoms. The van der Waals surface area contributed by atoms with Crippen LogP contribution in [-0.2, 0) is 9.59 Å². The van der Waals surface area contributed by atoms with Crippen LogP contribution in [0.5, 0.6) is 0 Å². The van der Waals surface area contributed by atoms with Crippen LogP contribution in [0.25, 0.3) is 0 Å². The highest BCUT2D eigenvalue weighted by atomic mass is 32.2. The molecule has 2 fully saturated rings. The first-order chi connectivity index (χ1) is 13.1. The van der Waals surface area contributed by atoms with Crippen molar-refractivity contribution in [3.05, 3.63) is 29.8 Å². The molecule has 1 aromatic rings. The largest absolute Gasteiger partial charge is 0.359 e.